The van der Waals surface area contributed by atoms with Gasteiger partial charge in [-0.2, -0.15) is 0 Å². The zero-order valence-electron chi connectivity index (χ0n) is 49.9. The molecule has 0 atom stereocenters. The maximum Gasteiger partial charge on any atom is 0.132 e. The van der Waals surface area contributed by atoms with Gasteiger partial charge in [0, 0.05) is 74.8 Å². The van der Waals surface area contributed by atoms with Gasteiger partial charge in [-0.05, 0) is 146 Å². The van der Waals surface area contributed by atoms with Crippen molar-refractivity contribution in [2.45, 2.75) is 76.4 Å². The first kappa shape index (κ1) is 59.2. The Morgan fingerprint density at radius 3 is 1.08 bits per heavy atom. The molecule has 0 fully saturated rings. The molecule has 4 nitrogen and oxygen atoms in total. The van der Waals surface area contributed by atoms with Crippen molar-refractivity contribution in [3.63, 3.8) is 0 Å². The highest BCUT2D eigenvalue weighted by Gasteiger charge is 2.52. The molecule has 0 aromatic heterocycles. The van der Waals surface area contributed by atoms with E-state index in [1.54, 1.807) is 0 Å². The molecule has 0 saturated heterocycles. The normalized spacial score (nSPS) is 15.3. The van der Waals surface area contributed by atoms with Crippen LogP contribution in [0, 0.1) is 0 Å². The van der Waals surface area contributed by atoms with E-state index in [9.17, 15) is 0 Å². The lowest BCUT2D eigenvalue weighted by atomic mass is 9.63. The van der Waals surface area contributed by atoms with Gasteiger partial charge in [-0.1, -0.05) is 275 Å². The van der Waals surface area contributed by atoms with Crippen molar-refractivity contribution >= 4 is 86.2 Å². The Hall–Kier alpha value is -8.44. The van der Waals surface area contributed by atoms with E-state index in [1.165, 1.54) is 98.0 Å². The van der Waals surface area contributed by atoms with Crippen molar-refractivity contribution in [3.8, 4) is 23.0 Å². The van der Waals surface area contributed by atoms with Gasteiger partial charge in [0.2, 0.25) is 0 Å². The fourth-order valence-electron chi connectivity index (χ4n) is 14.8. The molecule has 2 spiro atoms. The van der Waals surface area contributed by atoms with E-state index < -0.39 is 10.8 Å². The summed E-state index contributed by atoms with van der Waals surface area (Å²) in [6.45, 7) is 9.25. The Balaban J connectivity index is 0.000000129. The molecule has 12 aromatic carbocycles. The number of para-hydroxylation sites is 8. The number of anilines is 5. The summed E-state index contributed by atoms with van der Waals surface area (Å²) in [6.07, 6.45) is 0. The Morgan fingerprint density at radius 1 is 0.333 bits per heavy atom. The van der Waals surface area contributed by atoms with Gasteiger partial charge in [-0.3, -0.25) is 0 Å². The van der Waals surface area contributed by atoms with Crippen LogP contribution in [0.4, 0.5) is 28.4 Å². The molecular formula is C82H66ClIN2O2S2. The molecule has 442 valence electrons. The third-order valence-corrected chi connectivity index (χ3v) is 21.2. The van der Waals surface area contributed by atoms with Crippen molar-refractivity contribution in [2.75, 3.05) is 15.1 Å². The number of nitrogens with one attached hydrogen (secondary N) is 1. The fraction of sp³-hybridized carbons (Fsp3) is 0.122. The predicted octanol–water partition coefficient (Wildman–Crippen LogP) is 23.8. The van der Waals surface area contributed by atoms with Crippen molar-refractivity contribution in [1.29, 1.82) is 0 Å². The van der Waals surface area contributed by atoms with Gasteiger partial charge in [0.05, 0.1) is 22.2 Å². The van der Waals surface area contributed by atoms with Gasteiger partial charge in [0.1, 0.15) is 23.0 Å². The summed E-state index contributed by atoms with van der Waals surface area (Å²) >= 11 is 12.3. The second-order valence-corrected chi connectivity index (χ2v) is 26.6. The summed E-state index contributed by atoms with van der Waals surface area (Å²) in [5.41, 5.74) is 20.3. The Morgan fingerprint density at radius 2 is 0.644 bits per heavy atom. The number of fused-ring (bicyclic) bond motifs is 20. The number of ether oxygens (including phenoxy) is 2. The highest BCUT2D eigenvalue weighted by Crippen LogP contribution is 2.64. The zero-order chi connectivity index (χ0) is 60.7. The largest absolute Gasteiger partial charge is 0.457 e. The second-order valence-electron chi connectivity index (χ2n) is 24.0. The van der Waals surface area contributed by atoms with E-state index >= 15 is 0 Å². The molecule has 6 aliphatic rings. The first-order chi connectivity index (χ1) is 43.6. The third kappa shape index (κ3) is 9.16. The van der Waals surface area contributed by atoms with E-state index in [4.69, 9.17) is 21.1 Å². The van der Waals surface area contributed by atoms with Crippen molar-refractivity contribution in [1.82, 2.24) is 0 Å². The summed E-state index contributed by atoms with van der Waals surface area (Å²) in [7, 11) is 0. The van der Waals surface area contributed by atoms with E-state index in [1.807, 2.05) is 46.7 Å². The fourth-order valence-corrected chi connectivity index (χ4v) is 17.4. The van der Waals surface area contributed by atoms with Gasteiger partial charge in [0.15, 0.2) is 0 Å². The lowest BCUT2D eigenvalue weighted by Gasteiger charge is -2.46. The van der Waals surface area contributed by atoms with Gasteiger partial charge >= 0.3 is 0 Å². The van der Waals surface area contributed by atoms with Crippen LogP contribution in [0.5, 0.6) is 23.0 Å². The van der Waals surface area contributed by atoms with E-state index in [2.05, 4.69) is 321 Å². The summed E-state index contributed by atoms with van der Waals surface area (Å²) < 4.78 is 12.9. The van der Waals surface area contributed by atoms with Crippen LogP contribution < -0.4 is 19.7 Å². The molecule has 6 heterocycles. The van der Waals surface area contributed by atoms with E-state index in [-0.39, 0.29) is 18.3 Å². The Labute approximate surface area is 556 Å². The topological polar surface area (TPSA) is 33.7 Å². The number of hydrogen-bond donors (Lipinski definition) is 1. The zero-order valence-corrected chi connectivity index (χ0v) is 54.4. The quantitative estimate of drug-likeness (QED) is 0.130. The predicted molar refractivity (Wildman–Crippen MR) is 385 cm³/mol. The molecule has 0 radical (unpaired) electrons. The molecule has 1 N–H and O–H groups in total. The summed E-state index contributed by atoms with van der Waals surface area (Å²) in [5.74, 6) is 3.62. The summed E-state index contributed by atoms with van der Waals surface area (Å²) in [4.78, 5) is 9.49. The molecule has 8 heteroatoms. The lowest BCUT2D eigenvalue weighted by molar-refractivity contribution is 0.431. The van der Waals surface area contributed by atoms with Crippen LogP contribution in [-0.4, -0.2) is 4.93 Å². The maximum atomic E-state index is 6.58. The minimum Gasteiger partial charge on any atom is -0.457 e. The summed E-state index contributed by atoms with van der Waals surface area (Å²) in [6, 6.07) is 99.6. The van der Waals surface area contributed by atoms with Crippen LogP contribution >= 0.6 is 57.7 Å². The Bertz CT molecular complexity index is 4460. The molecular weight excluding hydrogens is 1270 g/mol. The lowest BCUT2D eigenvalue weighted by Crippen LogP contribution is -2.37. The van der Waals surface area contributed by atoms with Gasteiger partial charge in [0.25, 0.3) is 0 Å². The second kappa shape index (κ2) is 23.4. The minimum absolute atomic E-state index is 0. The van der Waals surface area contributed by atoms with Gasteiger partial charge in [-0.25, -0.2) is 0 Å². The average molecular weight is 1340 g/mol. The van der Waals surface area contributed by atoms with Crippen LogP contribution in [0.15, 0.2) is 299 Å². The van der Waals surface area contributed by atoms with Crippen LogP contribution in [0.1, 0.15) is 102 Å². The molecule has 0 bridgehead atoms. The maximum absolute atomic E-state index is 6.58. The molecule has 0 saturated carbocycles. The molecule has 90 heavy (non-hydrogen) atoms. The molecule has 12 aromatic rings. The van der Waals surface area contributed by atoms with Crippen LogP contribution in [-0.2, 0) is 21.7 Å². The standard InChI is InChI=1S/C40H29NOS.C25H15ClOS.C15H15N.CH3I.CH4/c1-39(2)27-13-3-8-18-33(27)41(34-19-9-4-14-28(34)39)26-23-24-38-32(25-26)40(31-17-7-12-22-37(31)43-38)29-15-5-10-20-35(29)42-36-21-11-6-16-30(36)40;26-16-13-14-24-20(15-16)25(19-9-3-6-12-23(19)28-24)17-7-1-4-10-21(17)27-22-11-5-2-8-18(22)25;1-15(2)11-7-3-5-9-13(11)16-14-10-6-4-8-12(14)15;1-2;/h3-25H,1-2H3;1-15H;3-10,16H,1-2H3;1H3;1H4. The first-order valence-electron chi connectivity index (χ1n) is 30.1. The van der Waals surface area contributed by atoms with Crippen molar-refractivity contribution in [3.05, 3.63) is 351 Å². The van der Waals surface area contributed by atoms with Gasteiger partial charge in [-0.15, -0.1) is 0 Å². The van der Waals surface area contributed by atoms with Crippen molar-refractivity contribution < 1.29 is 9.47 Å². The number of alkyl halides is 1. The minimum atomic E-state index is -0.521. The highest BCUT2D eigenvalue weighted by atomic mass is 127. The van der Waals surface area contributed by atoms with E-state index in [0.717, 1.165) is 44.8 Å². The van der Waals surface area contributed by atoms with Crippen LogP contribution in [0.25, 0.3) is 0 Å². The van der Waals surface area contributed by atoms with Crippen LogP contribution in [0.3, 0.4) is 0 Å². The number of nitrogens with zero attached hydrogens (tertiary/aromatic N) is 1. The Kier molecular flexibility index (Phi) is 15.4. The number of halogens is 2. The van der Waals surface area contributed by atoms with Gasteiger partial charge < -0.3 is 19.7 Å². The molecule has 0 amide bonds. The smallest absolute Gasteiger partial charge is 0.132 e. The average Bonchev–Trinajstić information content (AvgIpc) is 0.700. The molecule has 0 aliphatic carbocycles. The summed E-state index contributed by atoms with van der Waals surface area (Å²) in [5, 5.41) is 4.25. The molecule has 6 aliphatic heterocycles. The number of rotatable bonds is 1. The SMILES string of the molecule is C.CC1(C)c2ccccc2N(c2ccc3c(c2)C2(c4ccccc4Oc4ccccc42)c2ccccc2S3)c2ccccc21.CC1(C)c2ccccc2Nc2ccccc21.CI.Clc1ccc2c(c1)C1(c3ccccc3Oc3ccccc31)c1ccccc1S2. The van der Waals surface area contributed by atoms with E-state index in [0.29, 0.717) is 0 Å². The number of hydrogen-bond acceptors (Lipinski definition) is 6. The first-order valence-corrected chi connectivity index (χ1v) is 34.3. The number of benzene rings is 12. The van der Waals surface area contributed by atoms with Crippen molar-refractivity contribution in [2.24, 2.45) is 0 Å². The monoisotopic (exact) mass is 1340 g/mol. The molecule has 18 rings (SSSR count). The highest BCUT2D eigenvalue weighted by molar-refractivity contribution is 14.1. The van der Waals surface area contributed by atoms with Crippen LogP contribution in [0.2, 0.25) is 5.02 Å². The molecule has 0 unspecified atom stereocenters. The third-order valence-electron chi connectivity index (χ3n) is 18.7.